The minimum Gasteiger partial charge on any atom is -0.489 e. The molecule has 0 aliphatic rings. The van der Waals surface area contributed by atoms with Crippen LogP contribution in [0.5, 0.6) is 5.75 Å². The second-order valence-electron chi connectivity index (χ2n) is 4.39. The van der Waals surface area contributed by atoms with Gasteiger partial charge in [-0.25, -0.2) is 0 Å². The first-order valence-corrected chi connectivity index (χ1v) is 7.57. The maximum absolute atomic E-state index is 5.97. The molecule has 1 atom stereocenters. The van der Waals surface area contributed by atoms with Crippen LogP contribution < -0.4 is 10.5 Å². The van der Waals surface area contributed by atoms with Crippen LogP contribution in [0, 0.1) is 0 Å². The Morgan fingerprint density at radius 1 is 1.05 bits per heavy atom. The van der Waals surface area contributed by atoms with Gasteiger partial charge in [0.25, 0.3) is 0 Å². The van der Waals surface area contributed by atoms with E-state index < -0.39 is 0 Å². The Bertz CT molecular complexity index is 553. The molecule has 2 N–H and O–H groups in total. The average Bonchev–Trinajstić information content (AvgIpc) is 2.39. The molecule has 0 aromatic heterocycles. The van der Waals surface area contributed by atoms with E-state index >= 15 is 0 Å². The molecule has 2 nitrogen and oxygen atoms in total. The molecule has 19 heavy (non-hydrogen) atoms. The molecule has 0 radical (unpaired) electrons. The molecule has 4 heteroatoms. The van der Waals surface area contributed by atoms with Crippen molar-refractivity contribution < 1.29 is 4.74 Å². The SMILES string of the molecule is C[C@H](N)c1cc(Br)ccc1OCc1ccc(Br)cc1. The van der Waals surface area contributed by atoms with Crippen LogP contribution >= 0.6 is 31.9 Å². The van der Waals surface area contributed by atoms with Gasteiger partial charge in [0, 0.05) is 20.6 Å². The molecular weight excluding hydrogens is 370 g/mol. The van der Waals surface area contributed by atoms with Gasteiger partial charge in [-0.3, -0.25) is 0 Å². The molecule has 0 spiro atoms. The first kappa shape index (κ1) is 14.6. The predicted octanol–water partition coefficient (Wildman–Crippen LogP) is 4.81. The summed E-state index contributed by atoms with van der Waals surface area (Å²) in [5.74, 6) is 0.834. The van der Waals surface area contributed by atoms with Crippen LogP contribution in [0.1, 0.15) is 24.1 Å². The highest BCUT2D eigenvalue weighted by Gasteiger charge is 2.09. The van der Waals surface area contributed by atoms with E-state index in [9.17, 15) is 0 Å². The zero-order chi connectivity index (χ0) is 13.8. The first-order chi connectivity index (χ1) is 9.06. The van der Waals surface area contributed by atoms with Gasteiger partial charge in [-0.2, -0.15) is 0 Å². The Balaban J connectivity index is 2.13. The lowest BCUT2D eigenvalue weighted by molar-refractivity contribution is 0.301. The van der Waals surface area contributed by atoms with E-state index in [0.29, 0.717) is 6.61 Å². The molecule has 0 fully saturated rings. The molecule has 0 heterocycles. The third-order valence-electron chi connectivity index (χ3n) is 2.77. The van der Waals surface area contributed by atoms with Crippen LogP contribution in [0.4, 0.5) is 0 Å². The van der Waals surface area contributed by atoms with Crippen LogP contribution in [0.2, 0.25) is 0 Å². The van der Waals surface area contributed by atoms with E-state index in [4.69, 9.17) is 10.5 Å². The van der Waals surface area contributed by atoms with Crippen LogP contribution in [-0.2, 0) is 6.61 Å². The van der Waals surface area contributed by atoms with Crippen LogP contribution in [0.25, 0.3) is 0 Å². The van der Waals surface area contributed by atoms with E-state index in [1.54, 1.807) is 0 Å². The maximum Gasteiger partial charge on any atom is 0.124 e. The Morgan fingerprint density at radius 3 is 2.32 bits per heavy atom. The fourth-order valence-electron chi connectivity index (χ4n) is 1.75. The van der Waals surface area contributed by atoms with Gasteiger partial charge in [0.1, 0.15) is 12.4 Å². The van der Waals surface area contributed by atoms with E-state index in [0.717, 1.165) is 25.8 Å². The molecule has 2 aromatic rings. The molecule has 0 amide bonds. The highest BCUT2D eigenvalue weighted by atomic mass is 79.9. The smallest absolute Gasteiger partial charge is 0.124 e. The second kappa shape index (κ2) is 6.55. The van der Waals surface area contributed by atoms with Gasteiger partial charge < -0.3 is 10.5 Å². The Labute approximate surface area is 130 Å². The summed E-state index contributed by atoms with van der Waals surface area (Å²) in [4.78, 5) is 0. The number of hydrogen-bond donors (Lipinski definition) is 1. The summed E-state index contributed by atoms with van der Waals surface area (Å²) in [6, 6.07) is 13.9. The quantitative estimate of drug-likeness (QED) is 0.820. The minimum atomic E-state index is -0.0579. The summed E-state index contributed by atoms with van der Waals surface area (Å²) < 4.78 is 7.94. The number of hydrogen-bond acceptors (Lipinski definition) is 2. The fraction of sp³-hybridized carbons (Fsp3) is 0.200. The summed E-state index contributed by atoms with van der Waals surface area (Å²) >= 11 is 6.87. The normalized spacial score (nSPS) is 12.2. The Morgan fingerprint density at radius 2 is 1.68 bits per heavy atom. The number of halogens is 2. The molecule has 2 rings (SSSR count). The molecule has 0 aliphatic heterocycles. The minimum absolute atomic E-state index is 0.0579. The standard InChI is InChI=1S/C15H15Br2NO/c1-10(18)14-8-13(17)6-7-15(14)19-9-11-2-4-12(16)5-3-11/h2-8,10H,9,18H2,1H3/t10-/m0/s1. The van der Waals surface area contributed by atoms with Crippen molar-refractivity contribution in [2.45, 2.75) is 19.6 Å². The summed E-state index contributed by atoms with van der Waals surface area (Å²) in [6.45, 7) is 2.49. The molecule has 100 valence electrons. The van der Waals surface area contributed by atoms with Gasteiger partial charge in [-0.15, -0.1) is 0 Å². The van der Waals surface area contributed by atoms with Crippen molar-refractivity contribution in [3.05, 3.63) is 62.5 Å². The van der Waals surface area contributed by atoms with Crippen LogP contribution in [0.3, 0.4) is 0 Å². The van der Waals surface area contributed by atoms with Crippen molar-refractivity contribution in [3.8, 4) is 5.75 Å². The van der Waals surface area contributed by atoms with Crippen molar-refractivity contribution in [2.24, 2.45) is 5.73 Å². The van der Waals surface area contributed by atoms with Crippen LogP contribution in [0.15, 0.2) is 51.4 Å². The number of ether oxygens (including phenoxy) is 1. The number of benzene rings is 2. The molecule has 0 saturated carbocycles. The lowest BCUT2D eigenvalue weighted by Gasteiger charge is -2.14. The Hall–Kier alpha value is -0.840. The van der Waals surface area contributed by atoms with Gasteiger partial charge in [-0.1, -0.05) is 44.0 Å². The van der Waals surface area contributed by atoms with Crippen molar-refractivity contribution in [1.29, 1.82) is 0 Å². The largest absolute Gasteiger partial charge is 0.489 e. The molecule has 0 aliphatic carbocycles. The Kier molecular flexibility index (Phi) is 5.02. The van der Waals surface area contributed by atoms with E-state index in [-0.39, 0.29) is 6.04 Å². The third-order valence-corrected chi connectivity index (χ3v) is 3.79. The zero-order valence-electron chi connectivity index (χ0n) is 10.6. The predicted molar refractivity (Wildman–Crippen MR) is 85.2 cm³/mol. The fourth-order valence-corrected chi connectivity index (χ4v) is 2.39. The van der Waals surface area contributed by atoms with Crippen molar-refractivity contribution in [2.75, 3.05) is 0 Å². The van der Waals surface area contributed by atoms with E-state index in [2.05, 4.69) is 31.9 Å². The highest BCUT2D eigenvalue weighted by molar-refractivity contribution is 9.10. The maximum atomic E-state index is 5.97. The molecule has 0 saturated heterocycles. The third kappa shape index (κ3) is 4.06. The number of nitrogens with two attached hydrogens (primary N) is 1. The highest BCUT2D eigenvalue weighted by Crippen LogP contribution is 2.28. The summed E-state index contributed by atoms with van der Waals surface area (Å²) in [7, 11) is 0. The second-order valence-corrected chi connectivity index (χ2v) is 6.22. The summed E-state index contributed by atoms with van der Waals surface area (Å²) in [6.07, 6.45) is 0. The molecule has 2 aromatic carbocycles. The summed E-state index contributed by atoms with van der Waals surface area (Å²) in [5, 5.41) is 0. The number of rotatable bonds is 4. The first-order valence-electron chi connectivity index (χ1n) is 5.98. The average molecular weight is 385 g/mol. The molecule has 0 bridgehead atoms. The van der Waals surface area contributed by atoms with Gasteiger partial charge in [0.05, 0.1) is 0 Å². The van der Waals surface area contributed by atoms with Crippen LogP contribution in [-0.4, -0.2) is 0 Å². The monoisotopic (exact) mass is 383 g/mol. The van der Waals surface area contributed by atoms with Gasteiger partial charge >= 0.3 is 0 Å². The van der Waals surface area contributed by atoms with Crippen molar-refractivity contribution in [3.63, 3.8) is 0 Å². The molecule has 0 unspecified atom stereocenters. The van der Waals surface area contributed by atoms with Crippen molar-refractivity contribution >= 4 is 31.9 Å². The van der Waals surface area contributed by atoms with E-state index in [1.807, 2.05) is 49.4 Å². The van der Waals surface area contributed by atoms with Gasteiger partial charge in [0.15, 0.2) is 0 Å². The topological polar surface area (TPSA) is 35.2 Å². The van der Waals surface area contributed by atoms with E-state index in [1.165, 1.54) is 0 Å². The summed E-state index contributed by atoms with van der Waals surface area (Å²) in [5.41, 5.74) is 8.10. The lowest BCUT2D eigenvalue weighted by atomic mass is 10.1. The lowest BCUT2D eigenvalue weighted by Crippen LogP contribution is -2.08. The zero-order valence-corrected chi connectivity index (χ0v) is 13.7. The van der Waals surface area contributed by atoms with Gasteiger partial charge in [-0.05, 0) is 42.8 Å². The van der Waals surface area contributed by atoms with Crippen molar-refractivity contribution in [1.82, 2.24) is 0 Å². The van der Waals surface area contributed by atoms with Gasteiger partial charge in [0.2, 0.25) is 0 Å². The molecular formula is C15H15Br2NO.